The SMILES string of the molecule is Cc1c(C(=O)c2cc(F)ccc2F)oc2cc(F)ccc12. The fraction of sp³-hybridized carbons (Fsp3) is 0.0625. The van der Waals surface area contributed by atoms with Crippen LogP contribution in [0.3, 0.4) is 0 Å². The fourth-order valence-electron chi connectivity index (χ4n) is 2.21. The van der Waals surface area contributed by atoms with Crippen molar-refractivity contribution in [1.29, 1.82) is 0 Å². The number of ketones is 1. The molecule has 21 heavy (non-hydrogen) atoms. The van der Waals surface area contributed by atoms with E-state index in [-0.39, 0.29) is 11.3 Å². The molecule has 5 heteroatoms. The minimum absolute atomic E-state index is 0.125. The molecule has 3 rings (SSSR count). The maximum atomic E-state index is 13.7. The highest BCUT2D eigenvalue weighted by molar-refractivity contribution is 6.10. The topological polar surface area (TPSA) is 30.2 Å². The van der Waals surface area contributed by atoms with Gasteiger partial charge in [0.1, 0.15) is 23.0 Å². The molecule has 0 N–H and O–H groups in total. The van der Waals surface area contributed by atoms with Gasteiger partial charge in [0.2, 0.25) is 5.78 Å². The Morgan fingerprint density at radius 3 is 2.43 bits per heavy atom. The molecular formula is C16H9F3O2. The van der Waals surface area contributed by atoms with Gasteiger partial charge in [-0.25, -0.2) is 13.2 Å². The van der Waals surface area contributed by atoms with E-state index in [0.29, 0.717) is 10.9 Å². The highest BCUT2D eigenvalue weighted by Gasteiger charge is 2.22. The Labute approximate surface area is 117 Å². The summed E-state index contributed by atoms with van der Waals surface area (Å²) < 4.78 is 45.3. The quantitative estimate of drug-likeness (QED) is 0.655. The zero-order valence-electron chi connectivity index (χ0n) is 10.9. The average molecular weight is 290 g/mol. The molecule has 0 saturated heterocycles. The highest BCUT2D eigenvalue weighted by atomic mass is 19.1. The van der Waals surface area contributed by atoms with Crippen molar-refractivity contribution in [2.45, 2.75) is 6.92 Å². The first-order valence-corrected chi connectivity index (χ1v) is 6.16. The molecule has 0 aliphatic rings. The smallest absolute Gasteiger partial charge is 0.231 e. The molecule has 0 fully saturated rings. The van der Waals surface area contributed by atoms with Crippen LogP contribution in [0.5, 0.6) is 0 Å². The van der Waals surface area contributed by atoms with Gasteiger partial charge in [-0.2, -0.15) is 0 Å². The number of hydrogen-bond acceptors (Lipinski definition) is 2. The summed E-state index contributed by atoms with van der Waals surface area (Å²) >= 11 is 0. The molecule has 2 nitrogen and oxygen atoms in total. The minimum Gasteiger partial charge on any atom is -0.452 e. The lowest BCUT2D eigenvalue weighted by Gasteiger charge is -2.01. The molecule has 0 saturated carbocycles. The van der Waals surface area contributed by atoms with Gasteiger partial charge in [-0.1, -0.05) is 0 Å². The van der Waals surface area contributed by atoms with Gasteiger partial charge in [-0.05, 0) is 37.3 Å². The number of hydrogen-bond donors (Lipinski definition) is 0. The number of benzene rings is 2. The van der Waals surface area contributed by atoms with Gasteiger partial charge in [0.25, 0.3) is 0 Å². The highest BCUT2D eigenvalue weighted by Crippen LogP contribution is 2.28. The molecule has 0 radical (unpaired) electrons. The molecule has 0 atom stereocenters. The first kappa shape index (κ1) is 13.4. The zero-order valence-corrected chi connectivity index (χ0v) is 10.9. The second-order valence-corrected chi connectivity index (χ2v) is 4.65. The van der Waals surface area contributed by atoms with Crippen LogP contribution < -0.4 is 0 Å². The van der Waals surface area contributed by atoms with Gasteiger partial charge in [-0.15, -0.1) is 0 Å². The van der Waals surface area contributed by atoms with E-state index in [1.54, 1.807) is 6.92 Å². The molecule has 106 valence electrons. The van der Waals surface area contributed by atoms with Crippen LogP contribution in [0.1, 0.15) is 21.7 Å². The van der Waals surface area contributed by atoms with Crippen LogP contribution in [0.2, 0.25) is 0 Å². The maximum Gasteiger partial charge on any atom is 0.231 e. The van der Waals surface area contributed by atoms with Gasteiger partial charge >= 0.3 is 0 Å². The van der Waals surface area contributed by atoms with Gasteiger partial charge < -0.3 is 4.42 Å². The number of fused-ring (bicyclic) bond motifs is 1. The van der Waals surface area contributed by atoms with Crippen molar-refractivity contribution < 1.29 is 22.4 Å². The lowest BCUT2D eigenvalue weighted by atomic mass is 10.0. The van der Waals surface area contributed by atoms with Crippen molar-refractivity contribution >= 4 is 16.8 Å². The number of rotatable bonds is 2. The Morgan fingerprint density at radius 1 is 1.00 bits per heavy atom. The van der Waals surface area contributed by atoms with Crippen molar-refractivity contribution in [3.05, 3.63) is 70.7 Å². The Kier molecular flexibility index (Phi) is 3.05. The van der Waals surface area contributed by atoms with E-state index in [2.05, 4.69) is 0 Å². The van der Waals surface area contributed by atoms with E-state index in [4.69, 9.17) is 4.42 Å². The largest absolute Gasteiger partial charge is 0.452 e. The van der Waals surface area contributed by atoms with Crippen molar-refractivity contribution in [2.24, 2.45) is 0 Å². The monoisotopic (exact) mass is 290 g/mol. The lowest BCUT2D eigenvalue weighted by molar-refractivity contribution is 0.101. The first-order chi connectivity index (χ1) is 9.97. The number of halogens is 3. The Morgan fingerprint density at radius 2 is 1.67 bits per heavy atom. The zero-order chi connectivity index (χ0) is 15.1. The minimum atomic E-state index is -0.840. The summed E-state index contributed by atoms with van der Waals surface area (Å²) in [6.07, 6.45) is 0. The standard InChI is InChI=1S/C16H9F3O2/c1-8-11-4-2-10(18)7-14(11)21-16(8)15(20)12-6-9(17)3-5-13(12)19/h2-7H,1H3. The molecule has 0 unspecified atom stereocenters. The summed E-state index contributed by atoms with van der Waals surface area (Å²) in [5.74, 6) is -2.97. The number of furan rings is 1. The number of carbonyl (C=O) groups excluding carboxylic acids is 1. The Bertz CT molecular complexity index is 865. The molecule has 1 heterocycles. The van der Waals surface area contributed by atoms with Crippen LogP contribution in [-0.2, 0) is 0 Å². The molecule has 0 spiro atoms. The number of carbonyl (C=O) groups is 1. The Hall–Kier alpha value is -2.56. The van der Waals surface area contributed by atoms with Crippen molar-refractivity contribution in [2.75, 3.05) is 0 Å². The van der Waals surface area contributed by atoms with Gasteiger partial charge in [-0.3, -0.25) is 4.79 Å². The molecular weight excluding hydrogens is 281 g/mol. The normalized spacial score (nSPS) is 11.0. The van der Waals surface area contributed by atoms with Gasteiger partial charge in [0, 0.05) is 17.0 Å². The van der Waals surface area contributed by atoms with E-state index < -0.39 is 28.8 Å². The predicted molar refractivity (Wildman–Crippen MR) is 70.7 cm³/mol. The van der Waals surface area contributed by atoms with E-state index in [0.717, 1.165) is 24.3 Å². The van der Waals surface area contributed by atoms with E-state index in [1.807, 2.05) is 0 Å². The second kappa shape index (κ2) is 4.77. The lowest BCUT2D eigenvalue weighted by Crippen LogP contribution is -2.05. The second-order valence-electron chi connectivity index (χ2n) is 4.65. The molecule has 2 aromatic carbocycles. The molecule has 0 bridgehead atoms. The van der Waals surface area contributed by atoms with Crippen LogP contribution >= 0.6 is 0 Å². The van der Waals surface area contributed by atoms with E-state index >= 15 is 0 Å². The van der Waals surface area contributed by atoms with Crippen LogP contribution in [0.15, 0.2) is 40.8 Å². The van der Waals surface area contributed by atoms with Crippen molar-refractivity contribution in [3.63, 3.8) is 0 Å². The summed E-state index contributed by atoms with van der Waals surface area (Å²) in [6, 6.07) is 6.46. The summed E-state index contributed by atoms with van der Waals surface area (Å²) in [5.41, 5.74) is 0.226. The third-order valence-electron chi connectivity index (χ3n) is 3.28. The maximum absolute atomic E-state index is 13.7. The van der Waals surface area contributed by atoms with E-state index in [9.17, 15) is 18.0 Å². The van der Waals surface area contributed by atoms with Crippen LogP contribution in [0, 0.1) is 24.4 Å². The number of aryl methyl sites for hydroxylation is 1. The first-order valence-electron chi connectivity index (χ1n) is 6.16. The van der Waals surface area contributed by atoms with E-state index in [1.165, 1.54) is 12.1 Å². The molecule has 1 aromatic heterocycles. The summed E-state index contributed by atoms with van der Waals surface area (Å²) in [6.45, 7) is 1.61. The average Bonchev–Trinajstić information content (AvgIpc) is 2.77. The predicted octanol–water partition coefficient (Wildman–Crippen LogP) is 4.39. The summed E-state index contributed by atoms with van der Waals surface area (Å²) in [7, 11) is 0. The van der Waals surface area contributed by atoms with Crippen LogP contribution in [-0.4, -0.2) is 5.78 Å². The fourth-order valence-corrected chi connectivity index (χ4v) is 2.21. The third kappa shape index (κ3) is 2.20. The van der Waals surface area contributed by atoms with Crippen molar-refractivity contribution in [3.8, 4) is 0 Å². The summed E-state index contributed by atoms with van der Waals surface area (Å²) in [5, 5.41) is 0.552. The van der Waals surface area contributed by atoms with Crippen LogP contribution in [0.25, 0.3) is 11.0 Å². The van der Waals surface area contributed by atoms with Gasteiger partial charge in [0.15, 0.2) is 5.76 Å². The third-order valence-corrected chi connectivity index (χ3v) is 3.28. The molecule has 0 aliphatic carbocycles. The Balaban J connectivity index is 2.18. The molecule has 3 aromatic rings. The van der Waals surface area contributed by atoms with Crippen LogP contribution in [0.4, 0.5) is 13.2 Å². The summed E-state index contributed by atoms with van der Waals surface area (Å²) in [4.78, 5) is 12.3. The molecule has 0 aliphatic heterocycles. The van der Waals surface area contributed by atoms with Gasteiger partial charge in [0.05, 0.1) is 5.56 Å². The van der Waals surface area contributed by atoms with Crippen molar-refractivity contribution in [1.82, 2.24) is 0 Å². The molecule has 0 amide bonds.